The third kappa shape index (κ3) is 2.90. The Bertz CT molecular complexity index is 680. The number of aryl methyl sites for hydroxylation is 2. The summed E-state index contributed by atoms with van der Waals surface area (Å²) in [5.74, 6) is 0. The second-order valence-electron chi connectivity index (χ2n) is 3.79. The number of hydrogen-bond donors (Lipinski definition) is 1. The van der Waals surface area contributed by atoms with Gasteiger partial charge in [-0.05, 0) is 47.5 Å². The first-order chi connectivity index (χ1) is 8.38. The Balaban J connectivity index is 2.36. The average molecular weight is 347 g/mol. The van der Waals surface area contributed by atoms with Crippen molar-refractivity contribution in [3.63, 3.8) is 0 Å². The zero-order chi connectivity index (χ0) is 13.3. The molecule has 0 saturated heterocycles. The lowest BCUT2D eigenvalue weighted by Crippen LogP contribution is -2.12. The van der Waals surface area contributed by atoms with Crippen LogP contribution >= 0.6 is 27.3 Å². The van der Waals surface area contributed by atoms with Gasteiger partial charge in [-0.25, -0.2) is 13.4 Å². The Morgan fingerprint density at radius 2 is 2.06 bits per heavy atom. The van der Waals surface area contributed by atoms with Gasteiger partial charge in [0.15, 0.2) is 4.21 Å². The molecule has 1 aromatic heterocycles. The smallest absolute Gasteiger partial charge is 0.273 e. The van der Waals surface area contributed by atoms with Gasteiger partial charge in [-0.3, -0.25) is 4.72 Å². The van der Waals surface area contributed by atoms with E-state index in [2.05, 4.69) is 25.6 Å². The van der Waals surface area contributed by atoms with Crippen LogP contribution in [0.4, 0.5) is 5.69 Å². The molecule has 2 aromatic rings. The third-order valence-corrected chi connectivity index (χ3v) is 5.66. The van der Waals surface area contributed by atoms with Gasteiger partial charge in [0.25, 0.3) is 10.0 Å². The molecular weight excluding hydrogens is 336 g/mol. The minimum absolute atomic E-state index is 0.216. The summed E-state index contributed by atoms with van der Waals surface area (Å²) in [6.45, 7) is 3.67. The van der Waals surface area contributed by atoms with Gasteiger partial charge in [0.1, 0.15) is 0 Å². The lowest BCUT2D eigenvalue weighted by Gasteiger charge is -2.08. The van der Waals surface area contributed by atoms with E-state index in [0.29, 0.717) is 10.2 Å². The fourth-order valence-corrected chi connectivity index (χ4v) is 4.03. The first-order valence-corrected chi connectivity index (χ1v) is 8.19. The summed E-state index contributed by atoms with van der Waals surface area (Å²) in [6, 6.07) is 5.49. The maximum atomic E-state index is 12.1. The van der Waals surface area contributed by atoms with E-state index < -0.39 is 10.0 Å². The van der Waals surface area contributed by atoms with Gasteiger partial charge >= 0.3 is 0 Å². The van der Waals surface area contributed by atoms with E-state index in [9.17, 15) is 8.42 Å². The van der Waals surface area contributed by atoms with Crippen LogP contribution in [-0.4, -0.2) is 13.4 Å². The third-order valence-electron chi connectivity index (χ3n) is 2.23. The lowest BCUT2D eigenvalue weighted by molar-refractivity contribution is 0.603. The van der Waals surface area contributed by atoms with Crippen LogP contribution in [0.3, 0.4) is 0 Å². The quantitative estimate of drug-likeness (QED) is 0.927. The SMILES string of the molecule is Cc1ccc(Br)c(NS(=O)(=O)c2cnc(C)s2)c1. The van der Waals surface area contributed by atoms with E-state index in [1.807, 2.05) is 19.1 Å². The predicted octanol–water partition coefficient (Wildman–Crippen LogP) is 3.32. The van der Waals surface area contributed by atoms with Crippen molar-refractivity contribution in [3.8, 4) is 0 Å². The van der Waals surface area contributed by atoms with Gasteiger partial charge in [0.05, 0.1) is 16.9 Å². The molecule has 0 aliphatic carbocycles. The summed E-state index contributed by atoms with van der Waals surface area (Å²) in [4.78, 5) is 3.95. The molecule has 0 fully saturated rings. The van der Waals surface area contributed by atoms with E-state index in [1.165, 1.54) is 6.20 Å². The largest absolute Gasteiger partial charge is 0.278 e. The van der Waals surface area contributed by atoms with Gasteiger partial charge in [-0.1, -0.05) is 6.07 Å². The summed E-state index contributed by atoms with van der Waals surface area (Å²) < 4.78 is 27.7. The first kappa shape index (κ1) is 13.5. The second-order valence-corrected chi connectivity index (χ2v) is 7.79. The number of halogens is 1. The number of sulfonamides is 1. The van der Waals surface area contributed by atoms with Crippen molar-refractivity contribution in [2.24, 2.45) is 0 Å². The fraction of sp³-hybridized carbons (Fsp3) is 0.182. The number of benzene rings is 1. The van der Waals surface area contributed by atoms with Crippen LogP contribution in [0.25, 0.3) is 0 Å². The maximum Gasteiger partial charge on any atom is 0.273 e. The molecule has 4 nitrogen and oxygen atoms in total. The second kappa shape index (κ2) is 4.99. The Morgan fingerprint density at radius 3 is 2.67 bits per heavy atom. The molecule has 0 saturated carbocycles. The molecule has 0 radical (unpaired) electrons. The van der Waals surface area contributed by atoms with Crippen molar-refractivity contribution < 1.29 is 8.42 Å². The van der Waals surface area contributed by atoms with Crippen molar-refractivity contribution in [3.05, 3.63) is 39.4 Å². The van der Waals surface area contributed by atoms with Gasteiger partial charge < -0.3 is 0 Å². The Hall–Kier alpha value is -0.920. The molecule has 18 heavy (non-hydrogen) atoms. The zero-order valence-corrected chi connectivity index (χ0v) is 13.0. The van der Waals surface area contributed by atoms with E-state index in [4.69, 9.17) is 0 Å². The highest BCUT2D eigenvalue weighted by Crippen LogP contribution is 2.27. The van der Waals surface area contributed by atoms with Crippen molar-refractivity contribution in [2.75, 3.05) is 4.72 Å². The van der Waals surface area contributed by atoms with Crippen molar-refractivity contribution >= 4 is 43.0 Å². The number of rotatable bonds is 3. The number of thiazole rings is 1. The molecular formula is C11H11BrN2O2S2. The van der Waals surface area contributed by atoms with Gasteiger partial charge in [-0.2, -0.15) is 0 Å². The molecule has 0 aliphatic rings. The maximum absolute atomic E-state index is 12.1. The minimum Gasteiger partial charge on any atom is -0.278 e. The number of aromatic nitrogens is 1. The molecule has 1 aromatic carbocycles. The van der Waals surface area contributed by atoms with Crippen LogP contribution in [0.2, 0.25) is 0 Å². The molecule has 7 heteroatoms. The number of anilines is 1. The molecule has 1 N–H and O–H groups in total. The molecule has 1 heterocycles. The van der Waals surface area contributed by atoms with Gasteiger partial charge in [0, 0.05) is 4.47 Å². The van der Waals surface area contributed by atoms with E-state index >= 15 is 0 Å². The Morgan fingerprint density at radius 1 is 1.33 bits per heavy atom. The molecule has 0 amide bonds. The number of nitrogens with one attached hydrogen (secondary N) is 1. The summed E-state index contributed by atoms with van der Waals surface area (Å²) >= 11 is 4.47. The first-order valence-electron chi connectivity index (χ1n) is 5.10. The van der Waals surface area contributed by atoms with E-state index in [-0.39, 0.29) is 4.21 Å². The predicted molar refractivity (Wildman–Crippen MR) is 76.5 cm³/mol. The summed E-state index contributed by atoms with van der Waals surface area (Å²) in [7, 11) is -3.56. The number of hydrogen-bond acceptors (Lipinski definition) is 4. The summed E-state index contributed by atoms with van der Waals surface area (Å²) in [5.41, 5.74) is 1.51. The monoisotopic (exact) mass is 346 g/mol. The zero-order valence-electron chi connectivity index (χ0n) is 9.77. The van der Waals surface area contributed by atoms with Gasteiger partial charge in [0.2, 0.25) is 0 Å². The van der Waals surface area contributed by atoms with Crippen LogP contribution in [0.1, 0.15) is 10.6 Å². The average Bonchev–Trinajstić information content (AvgIpc) is 2.71. The van der Waals surface area contributed by atoms with Crippen LogP contribution < -0.4 is 4.72 Å². The van der Waals surface area contributed by atoms with Crippen molar-refractivity contribution in [2.45, 2.75) is 18.1 Å². The molecule has 96 valence electrons. The van der Waals surface area contributed by atoms with E-state index in [0.717, 1.165) is 21.9 Å². The van der Waals surface area contributed by atoms with Crippen LogP contribution in [0, 0.1) is 13.8 Å². The molecule has 0 aliphatic heterocycles. The minimum atomic E-state index is -3.56. The molecule has 0 bridgehead atoms. The summed E-state index contributed by atoms with van der Waals surface area (Å²) in [5, 5.41) is 0.721. The topological polar surface area (TPSA) is 59.1 Å². The van der Waals surface area contributed by atoms with E-state index in [1.54, 1.807) is 13.0 Å². The Kier molecular flexibility index (Phi) is 3.74. The molecule has 2 rings (SSSR count). The highest BCUT2D eigenvalue weighted by Gasteiger charge is 2.18. The lowest BCUT2D eigenvalue weighted by atomic mass is 10.2. The highest BCUT2D eigenvalue weighted by atomic mass is 79.9. The number of nitrogens with zero attached hydrogens (tertiary/aromatic N) is 1. The van der Waals surface area contributed by atoms with Gasteiger partial charge in [-0.15, -0.1) is 11.3 Å². The normalized spacial score (nSPS) is 11.5. The molecule has 0 unspecified atom stereocenters. The van der Waals surface area contributed by atoms with Crippen molar-refractivity contribution in [1.82, 2.24) is 4.98 Å². The van der Waals surface area contributed by atoms with Crippen molar-refractivity contribution in [1.29, 1.82) is 0 Å². The highest BCUT2D eigenvalue weighted by molar-refractivity contribution is 9.10. The fourth-order valence-electron chi connectivity index (χ4n) is 1.38. The summed E-state index contributed by atoms with van der Waals surface area (Å²) in [6.07, 6.45) is 1.37. The molecule has 0 atom stereocenters. The van der Waals surface area contributed by atoms with Crippen LogP contribution in [-0.2, 0) is 10.0 Å². The molecule has 0 spiro atoms. The van der Waals surface area contributed by atoms with Crippen LogP contribution in [0.5, 0.6) is 0 Å². The van der Waals surface area contributed by atoms with Crippen LogP contribution in [0.15, 0.2) is 33.1 Å². The standard InChI is InChI=1S/C11H11BrN2O2S2/c1-7-3-4-9(12)10(5-7)14-18(15,16)11-6-13-8(2)17-11/h3-6,14H,1-2H3. The Labute approximate surface area is 118 Å².